The van der Waals surface area contributed by atoms with Crippen LogP contribution in [0.3, 0.4) is 0 Å². The predicted molar refractivity (Wildman–Crippen MR) is 109 cm³/mol. The highest BCUT2D eigenvalue weighted by Crippen LogP contribution is 2.29. The third kappa shape index (κ3) is 3.79. The number of nitrogens with zero attached hydrogens (tertiary/aromatic N) is 5. The fraction of sp³-hybridized carbons (Fsp3) is 0.294. The summed E-state index contributed by atoms with van der Waals surface area (Å²) in [7, 11) is -3.44. The molecule has 4 rings (SSSR count). The van der Waals surface area contributed by atoms with Gasteiger partial charge in [-0.2, -0.15) is 4.31 Å². The van der Waals surface area contributed by atoms with Crippen LogP contribution < -0.4 is 4.90 Å². The highest BCUT2D eigenvalue weighted by atomic mass is 79.9. The van der Waals surface area contributed by atoms with Gasteiger partial charge in [-0.25, -0.2) is 18.4 Å². The Balaban J connectivity index is 1.51. The second-order valence-corrected chi connectivity index (χ2v) is 10.8. The summed E-state index contributed by atoms with van der Waals surface area (Å²) in [5.74, 6) is 2.32. The van der Waals surface area contributed by atoms with Crippen molar-refractivity contribution in [2.45, 2.75) is 11.1 Å². The van der Waals surface area contributed by atoms with Crippen LogP contribution in [0.5, 0.6) is 0 Å². The predicted octanol–water partition coefficient (Wildman–Crippen LogP) is 2.91. The molecule has 0 spiro atoms. The molecule has 1 aliphatic rings. The van der Waals surface area contributed by atoms with Crippen LogP contribution in [0.25, 0.3) is 5.82 Å². The lowest BCUT2D eigenvalue weighted by atomic mass is 10.3. The number of aryl methyl sites for hydroxylation is 1. The molecule has 1 fully saturated rings. The first-order chi connectivity index (χ1) is 12.9. The lowest BCUT2D eigenvalue weighted by Gasteiger charge is -2.34. The second-order valence-electron chi connectivity index (χ2n) is 6.17. The van der Waals surface area contributed by atoms with E-state index in [9.17, 15) is 8.42 Å². The van der Waals surface area contributed by atoms with E-state index in [1.165, 1.54) is 11.3 Å². The summed E-state index contributed by atoms with van der Waals surface area (Å²) in [4.78, 5) is 11.1. The Morgan fingerprint density at radius 3 is 2.33 bits per heavy atom. The molecule has 10 heteroatoms. The molecule has 4 heterocycles. The SMILES string of the molecule is Cc1nc(N2CCN(S(=O)(=O)c3ccc(Br)s3)CC2)cc(-n2cccc2)n1. The zero-order valence-corrected chi connectivity index (χ0v) is 17.8. The first kappa shape index (κ1) is 18.6. The summed E-state index contributed by atoms with van der Waals surface area (Å²) in [5, 5.41) is 0. The van der Waals surface area contributed by atoms with Crippen molar-refractivity contribution in [3.63, 3.8) is 0 Å². The number of halogens is 1. The van der Waals surface area contributed by atoms with Crippen molar-refractivity contribution in [2.24, 2.45) is 0 Å². The molecule has 7 nitrogen and oxygen atoms in total. The zero-order valence-electron chi connectivity index (χ0n) is 14.6. The van der Waals surface area contributed by atoms with E-state index in [4.69, 9.17) is 0 Å². The molecule has 0 unspecified atom stereocenters. The van der Waals surface area contributed by atoms with Crippen molar-refractivity contribution in [1.82, 2.24) is 18.8 Å². The maximum Gasteiger partial charge on any atom is 0.252 e. The van der Waals surface area contributed by atoms with Crippen LogP contribution >= 0.6 is 27.3 Å². The molecular weight excluding hydrogens is 450 g/mol. The molecule has 0 atom stereocenters. The lowest BCUT2D eigenvalue weighted by molar-refractivity contribution is 0.384. The van der Waals surface area contributed by atoms with Crippen LogP contribution in [0.1, 0.15) is 5.82 Å². The molecule has 142 valence electrons. The number of sulfonamides is 1. The first-order valence-corrected chi connectivity index (χ1v) is 11.5. The number of rotatable bonds is 4. The normalized spacial score (nSPS) is 16.0. The zero-order chi connectivity index (χ0) is 19.0. The minimum atomic E-state index is -3.44. The highest BCUT2D eigenvalue weighted by Gasteiger charge is 2.30. The van der Waals surface area contributed by atoms with Gasteiger partial charge in [-0.1, -0.05) is 0 Å². The van der Waals surface area contributed by atoms with E-state index in [1.807, 2.05) is 42.1 Å². The van der Waals surface area contributed by atoms with Gasteiger partial charge in [0.2, 0.25) is 0 Å². The first-order valence-electron chi connectivity index (χ1n) is 8.43. The van der Waals surface area contributed by atoms with E-state index in [-0.39, 0.29) is 0 Å². The summed E-state index contributed by atoms with van der Waals surface area (Å²) in [6.07, 6.45) is 3.88. The molecule has 0 saturated carbocycles. The molecule has 0 N–H and O–H groups in total. The van der Waals surface area contributed by atoms with Gasteiger partial charge >= 0.3 is 0 Å². The smallest absolute Gasteiger partial charge is 0.252 e. The Kier molecular flexibility index (Phi) is 5.06. The Morgan fingerprint density at radius 2 is 1.70 bits per heavy atom. The molecule has 3 aromatic heterocycles. The van der Waals surface area contributed by atoms with Crippen LogP contribution in [-0.2, 0) is 10.0 Å². The standard InChI is InChI=1S/C17H18BrN5O2S2/c1-13-19-15(21-6-2-3-7-21)12-16(20-13)22-8-10-23(11-9-22)27(24,25)17-5-4-14(18)26-17/h2-7,12H,8-11H2,1H3. The number of piperazine rings is 1. The van der Waals surface area contributed by atoms with Crippen LogP contribution in [0.15, 0.2) is 50.7 Å². The molecule has 0 aromatic carbocycles. The summed E-state index contributed by atoms with van der Waals surface area (Å²) in [5.41, 5.74) is 0. The Hall–Kier alpha value is -1.75. The van der Waals surface area contributed by atoms with Gasteiger partial charge in [0.05, 0.1) is 3.79 Å². The third-order valence-electron chi connectivity index (χ3n) is 4.39. The minimum absolute atomic E-state index is 0.371. The summed E-state index contributed by atoms with van der Waals surface area (Å²) in [6.45, 7) is 3.91. The van der Waals surface area contributed by atoms with Gasteiger partial charge in [0.1, 0.15) is 21.7 Å². The largest absolute Gasteiger partial charge is 0.354 e. The van der Waals surface area contributed by atoms with Gasteiger partial charge in [0, 0.05) is 44.6 Å². The molecule has 0 aliphatic carbocycles. The van der Waals surface area contributed by atoms with E-state index in [1.54, 1.807) is 16.4 Å². The number of aromatic nitrogens is 3. The van der Waals surface area contributed by atoms with Crippen molar-refractivity contribution in [2.75, 3.05) is 31.1 Å². The van der Waals surface area contributed by atoms with Crippen molar-refractivity contribution in [1.29, 1.82) is 0 Å². The van der Waals surface area contributed by atoms with Gasteiger partial charge in [0.25, 0.3) is 10.0 Å². The van der Waals surface area contributed by atoms with Crippen molar-refractivity contribution in [3.8, 4) is 5.82 Å². The van der Waals surface area contributed by atoms with Crippen LogP contribution in [-0.4, -0.2) is 53.4 Å². The molecule has 3 aromatic rings. The van der Waals surface area contributed by atoms with E-state index < -0.39 is 10.0 Å². The monoisotopic (exact) mass is 467 g/mol. The topological polar surface area (TPSA) is 71.3 Å². The molecular formula is C17H18BrN5O2S2. The Labute approximate surface area is 170 Å². The number of hydrogen-bond donors (Lipinski definition) is 0. The molecule has 0 bridgehead atoms. The minimum Gasteiger partial charge on any atom is -0.354 e. The van der Waals surface area contributed by atoms with E-state index in [2.05, 4.69) is 30.8 Å². The van der Waals surface area contributed by atoms with Gasteiger partial charge in [0.15, 0.2) is 0 Å². The van der Waals surface area contributed by atoms with Crippen molar-refractivity contribution in [3.05, 3.63) is 52.3 Å². The highest BCUT2D eigenvalue weighted by molar-refractivity contribution is 9.11. The average Bonchev–Trinajstić information content (AvgIpc) is 3.33. The quantitative estimate of drug-likeness (QED) is 0.589. The molecule has 27 heavy (non-hydrogen) atoms. The van der Waals surface area contributed by atoms with Gasteiger partial charge in [-0.15, -0.1) is 11.3 Å². The summed E-state index contributed by atoms with van der Waals surface area (Å²) >= 11 is 4.57. The lowest BCUT2D eigenvalue weighted by Crippen LogP contribution is -2.48. The summed E-state index contributed by atoms with van der Waals surface area (Å²) < 4.78 is 30.2. The maximum absolute atomic E-state index is 12.8. The fourth-order valence-corrected chi connectivity index (χ4v) is 6.63. The second kappa shape index (κ2) is 7.34. The van der Waals surface area contributed by atoms with Crippen LogP contribution in [0.4, 0.5) is 5.82 Å². The fourth-order valence-electron chi connectivity index (χ4n) is 3.04. The van der Waals surface area contributed by atoms with Gasteiger partial charge < -0.3 is 9.47 Å². The molecule has 1 saturated heterocycles. The third-order valence-corrected chi connectivity index (χ3v) is 8.37. The molecule has 0 radical (unpaired) electrons. The number of hydrogen-bond acceptors (Lipinski definition) is 6. The molecule has 1 aliphatic heterocycles. The van der Waals surface area contributed by atoms with E-state index in [0.29, 0.717) is 36.2 Å². The van der Waals surface area contributed by atoms with Crippen molar-refractivity contribution >= 4 is 43.1 Å². The van der Waals surface area contributed by atoms with Crippen LogP contribution in [0.2, 0.25) is 0 Å². The number of thiophene rings is 1. The van der Waals surface area contributed by atoms with E-state index >= 15 is 0 Å². The summed E-state index contributed by atoms with van der Waals surface area (Å²) in [6, 6.07) is 9.24. The Bertz CT molecular complexity index is 1040. The maximum atomic E-state index is 12.8. The van der Waals surface area contributed by atoms with Crippen molar-refractivity contribution < 1.29 is 8.42 Å². The molecule has 0 amide bonds. The van der Waals surface area contributed by atoms with Gasteiger partial charge in [-0.3, -0.25) is 0 Å². The Morgan fingerprint density at radius 1 is 1.04 bits per heavy atom. The van der Waals surface area contributed by atoms with Crippen LogP contribution in [0, 0.1) is 6.92 Å². The number of anilines is 1. The van der Waals surface area contributed by atoms with E-state index in [0.717, 1.165) is 15.4 Å². The average molecular weight is 468 g/mol. The van der Waals surface area contributed by atoms with Gasteiger partial charge in [-0.05, 0) is 47.1 Å².